The highest BCUT2D eigenvalue weighted by Crippen LogP contribution is 2.20. The summed E-state index contributed by atoms with van der Waals surface area (Å²) in [5, 5.41) is 4.45. The molecule has 0 radical (unpaired) electrons. The van der Waals surface area contributed by atoms with E-state index in [0.29, 0.717) is 10.8 Å². The topological polar surface area (TPSA) is 50.7 Å². The normalized spacial score (nSPS) is 12.3. The molecule has 21 heavy (non-hydrogen) atoms. The minimum atomic E-state index is -0.671. The molecule has 1 aromatic heterocycles. The molecule has 0 aliphatic carbocycles. The van der Waals surface area contributed by atoms with Crippen LogP contribution in [0.4, 0.5) is 0 Å². The lowest BCUT2D eigenvalue weighted by molar-refractivity contribution is -0.127. The standard InChI is InChI=1S/C14H12BrClN2O2S/c1-9(20-11-4-2-3-10(16)7-11)14(19)18-17-8-12-5-6-13(15)21-12/h2-9H,1H3,(H,18,19)/b17-8-/t9-/m1/s1. The summed E-state index contributed by atoms with van der Waals surface area (Å²) < 4.78 is 6.50. The van der Waals surface area contributed by atoms with Crippen molar-refractivity contribution >= 4 is 51.0 Å². The van der Waals surface area contributed by atoms with E-state index in [0.717, 1.165) is 8.66 Å². The highest BCUT2D eigenvalue weighted by molar-refractivity contribution is 9.11. The maximum absolute atomic E-state index is 11.8. The Morgan fingerprint density at radius 2 is 2.29 bits per heavy atom. The number of rotatable bonds is 5. The molecule has 1 heterocycles. The maximum atomic E-state index is 11.8. The highest BCUT2D eigenvalue weighted by Gasteiger charge is 2.13. The molecule has 1 amide bonds. The molecular formula is C14H12BrClN2O2S. The zero-order valence-corrected chi connectivity index (χ0v) is 14.2. The Balaban J connectivity index is 1.86. The number of nitrogens with one attached hydrogen (secondary N) is 1. The minimum absolute atomic E-state index is 0.332. The van der Waals surface area contributed by atoms with Gasteiger partial charge in [0.1, 0.15) is 5.75 Å². The summed E-state index contributed by atoms with van der Waals surface area (Å²) in [5.74, 6) is 0.207. The third kappa shape index (κ3) is 5.15. The van der Waals surface area contributed by atoms with E-state index in [1.807, 2.05) is 12.1 Å². The molecular weight excluding hydrogens is 376 g/mol. The van der Waals surface area contributed by atoms with Crippen LogP contribution in [0.5, 0.6) is 5.75 Å². The lowest BCUT2D eigenvalue weighted by Gasteiger charge is -2.12. The van der Waals surface area contributed by atoms with Crippen molar-refractivity contribution in [1.82, 2.24) is 5.43 Å². The van der Waals surface area contributed by atoms with Crippen LogP contribution >= 0.6 is 38.9 Å². The first kappa shape index (κ1) is 16.0. The second-order valence-corrected chi connectivity index (χ2v) is 7.02. The molecule has 1 N–H and O–H groups in total. The third-order valence-electron chi connectivity index (χ3n) is 2.44. The second kappa shape index (κ2) is 7.59. The average Bonchev–Trinajstić information content (AvgIpc) is 2.84. The summed E-state index contributed by atoms with van der Waals surface area (Å²) >= 11 is 10.7. The molecule has 0 saturated heterocycles. The van der Waals surface area contributed by atoms with E-state index in [2.05, 4.69) is 26.5 Å². The Labute approximate surface area is 139 Å². The number of hydrogen-bond donors (Lipinski definition) is 1. The van der Waals surface area contributed by atoms with Gasteiger partial charge in [0.2, 0.25) is 0 Å². The van der Waals surface area contributed by atoms with E-state index in [4.69, 9.17) is 16.3 Å². The summed E-state index contributed by atoms with van der Waals surface area (Å²) in [4.78, 5) is 12.8. The monoisotopic (exact) mass is 386 g/mol. The molecule has 0 aliphatic rings. The number of hydrogen-bond acceptors (Lipinski definition) is 4. The first-order valence-electron chi connectivity index (χ1n) is 6.05. The van der Waals surface area contributed by atoms with Gasteiger partial charge in [-0.05, 0) is 53.2 Å². The van der Waals surface area contributed by atoms with Gasteiger partial charge in [0.15, 0.2) is 6.10 Å². The molecule has 1 aromatic carbocycles. The summed E-state index contributed by atoms with van der Waals surface area (Å²) in [5.41, 5.74) is 2.44. The van der Waals surface area contributed by atoms with Crippen molar-refractivity contribution in [3.05, 3.63) is 50.1 Å². The van der Waals surface area contributed by atoms with Crippen molar-refractivity contribution in [2.75, 3.05) is 0 Å². The van der Waals surface area contributed by atoms with Gasteiger partial charge in [-0.25, -0.2) is 5.43 Å². The van der Waals surface area contributed by atoms with Crippen LogP contribution in [0.1, 0.15) is 11.8 Å². The fourth-order valence-electron chi connectivity index (χ4n) is 1.45. The highest BCUT2D eigenvalue weighted by atomic mass is 79.9. The second-order valence-electron chi connectivity index (χ2n) is 4.09. The Morgan fingerprint density at radius 3 is 2.95 bits per heavy atom. The van der Waals surface area contributed by atoms with Gasteiger partial charge in [0.25, 0.3) is 5.91 Å². The van der Waals surface area contributed by atoms with Gasteiger partial charge in [-0.3, -0.25) is 4.79 Å². The number of carbonyl (C=O) groups excluding carboxylic acids is 1. The number of benzene rings is 1. The first-order valence-corrected chi connectivity index (χ1v) is 8.04. The fourth-order valence-corrected chi connectivity index (χ4v) is 2.92. The molecule has 2 rings (SSSR count). The molecule has 110 valence electrons. The Morgan fingerprint density at radius 1 is 1.48 bits per heavy atom. The smallest absolute Gasteiger partial charge is 0.280 e. The van der Waals surface area contributed by atoms with E-state index in [1.165, 1.54) is 11.3 Å². The largest absolute Gasteiger partial charge is 0.481 e. The predicted molar refractivity (Wildman–Crippen MR) is 89.3 cm³/mol. The molecule has 0 aliphatic heterocycles. The molecule has 0 bridgehead atoms. The quantitative estimate of drug-likeness (QED) is 0.621. The molecule has 7 heteroatoms. The predicted octanol–water partition coefficient (Wildman–Crippen LogP) is 4.08. The van der Waals surface area contributed by atoms with Crippen LogP contribution in [0.15, 0.2) is 45.3 Å². The van der Waals surface area contributed by atoms with Crippen molar-refractivity contribution in [2.24, 2.45) is 5.10 Å². The Hall–Kier alpha value is -1.37. The molecule has 1 atom stereocenters. The summed E-state index contributed by atoms with van der Waals surface area (Å²) in [6.07, 6.45) is 0.912. The number of halogens is 2. The van der Waals surface area contributed by atoms with E-state index >= 15 is 0 Å². The average molecular weight is 388 g/mol. The van der Waals surface area contributed by atoms with Gasteiger partial charge in [0, 0.05) is 9.90 Å². The van der Waals surface area contributed by atoms with Crippen LogP contribution in [0.25, 0.3) is 0 Å². The maximum Gasteiger partial charge on any atom is 0.280 e. The number of hydrazone groups is 1. The molecule has 0 spiro atoms. The van der Waals surface area contributed by atoms with Crippen LogP contribution in [0.3, 0.4) is 0 Å². The lowest BCUT2D eigenvalue weighted by Crippen LogP contribution is -2.33. The van der Waals surface area contributed by atoms with Crippen LogP contribution in [0, 0.1) is 0 Å². The fraction of sp³-hybridized carbons (Fsp3) is 0.143. The van der Waals surface area contributed by atoms with Crippen molar-refractivity contribution in [1.29, 1.82) is 0 Å². The van der Waals surface area contributed by atoms with Gasteiger partial charge in [-0.15, -0.1) is 11.3 Å². The summed E-state index contributed by atoms with van der Waals surface area (Å²) in [6.45, 7) is 1.65. The van der Waals surface area contributed by atoms with Gasteiger partial charge in [0.05, 0.1) is 10.0 Å². The summed E-state index contributed by atoms with van der Waals surface area (Å²) in [6, 6.07) is 10.7. The van der Waals surface area contributed by atoms with Crippen LogP contribution in [-0.2, 0) is 4.79 Å². The van der Waals surface area contributed by atoms with Crippen LogP contribution in [-0.4, -0.2) is 18.2 Å². The lowest BCUT2D eigenvalue weighted by atomic mass is 10.3. The van der Waals surface area contributed by atoms with Gasteiger partial charge >= 0.3 is 0 Å². The molecule has 0 fully saturated rings. The molecule has 2 aromatic rings. The number of thiophene rings is 1. The van der Waals surface area contributed by atoms with Gasteiger partial charge < -0.3 is 4.74 Å². The van der Waals surface area contributed by atoms with E-state index in [1.54, 1.807) is 37.4 Å². The van der Waals surface area contributed by atoms with E-state index in [-0.39, 0.29) is 5.91 Å². The number of nitrogens with zero attached hydrogens (tertiary/aromatic N) is 1. The van der Waals surface area contributed by atoms with E-state index in [9.17, 15) is 4.79 Å². The number of amides is 1. The Kier molecular flexibility index (Phi) is 5.78. The molecule has 0 saturated carbocycles. The minimum Gasteiger partial charge on any atom is -0.481 e. The van der Waals surface area contributed by atoms with Crippen molar-refractivity contribution < 1.29 is 9.53 Å². The zero-order chi connectivity index (χ0) is 15.2. The number of carbonyl (C=O) groups is 1. The first-order chi connectivity index (χ1) is 10.0. The molecule has 4 nitrogen and oxygen atoms in total. The Bertz CT molecular complexity index is 660. The van der Waals surface area contributed by atoms with Crippen molar-refractivity contribution in [2.45, 2.75) is 13.0 Å². The zero-order valence-electron chi connectivity index (χ0n) is 11.0. The van der Waals surface area contributed by atoms with Crippen LogP contribution in [0.2, 0.25) is 5.02 Å². The molecule has 0 unspecified atom stereocenters. The third-order valence-corrected chi connectivity index (χ3v) is 4.23. The van der Waals surface area contributed by atoms with Crippen molar-refractivity contribution in [3.63, 3.8) is 0 Å². The summed E-state index contributed by atoms with van der Waals surface area (Å²) in [7, 11) is 0. The van der Waals surface area contributed by atoms with Crippen molar-refractivity contribution in [3.8, 4) is 5.75 Å². The number of ether oxygens (including phenoxy) is 1. The SMILES string of the molecule is C[C@@H](Oc1cccc(Cl)c1)C(=O)N/N=C\c1ccc(Br)s1. The van der Waals surface area contributed by atoms with Gasteiger partial charge in [-0.2, -0.15) is 5.10 Å². The van der Waals surface area contributed by atoms with Crippen LogP contribution < -0.4 is 10.2 Å². The van der Waals surface area contributed by atoms with E-state index < -0.39 is 6.10 Å². The van der Waals surface area contributed by atoms with Gasteiger partial charge in [-0.1, -0.05) is 17.7 Å².